The molecule has 0 heterocycles. The first-order valence-corrected chi connectivity index (χ1v) is 4.51. The van der Waals surface area contributed by atoms with E-state index in [1.165, 1.54) is 5.56 Å². The summed E-state index contributed by atoms with van der Waals surface area (Å²) in [5.74, 6) is 0. The highest BCUT2D eigenvalue weighted by Gasteiger charge is 2.06. The lowest BCUT2D eigenvalue weighted by Gasteiger charge is -2.17. The highest BCUT2D eigenvalue weighted by molar-refractivity contribution is 7.80. The molecular weight excluding hydrogens is 180 g/mol. The Morgan fingerprint density at radius 3 is 2.46 bits per heavy atom. The van der Waals surface area contributed by atoms with Gasteiger partial charge in [-0.05, 0) is 24.6 Å². The molecule has 2 N–H and O–H groups in total. The minimum Gasteiger partial charge on any atom is -0.389 e. The lowest BCUT2D eigenvalue weighted by molar-refractivity contribution is 1.12. The van der Waals surface area contributed by atoms with Crippen LogP contribution in [0.1, 0.15) is 11.1 Å². The Labute approximate surface area is 84.3 Å². The zero-order valence-corrected chi connectivity index (χ0v) is 8.98. The Kier molecular flexibility index (Phi) is 2.88. The second kappa shape index (κ2) is 3.75. The van der Waals surface area contributed by atoms with E-state index in [0.29, 0.717) is 4.99 Å². The Bertz CT molecular complexity index is 332. The summed E-state index contributed by atoms with van der Waals surface area (Å²) in [5.41, 5.74) is 8.83. The summed E-state index contributed by atoms with van der Waals surface area (Å²) in [5, 5.41) is 0. The van der Waals surface area contributed by atoms with Crippen molar-refractivity contribution in [2.75, 3.05) is 19.0 Å². The lowest BCUT2D eigenvalue weighted by Crippen LogP contribution is -2.17. The van der Waals surface area contributed by atoms with Gasteiger partial charge in [0.15, 0.2) is 0 Å². The molecule has 1 aromatic rings. The largest absolute Gasteiger partial charge is 0.389 e. The molecule has 0 atom stereocenters. The third kappa shape index (κ3) is 2.18. The van der Waals surface area contributed by atoms with Crippen molar-refractivity contribution in [3.8, 4) is 0 Å². The molecule has 0 aliphatic carbocycles. The molecular formula is C10H14N2S. The summed E-state index contributed by atoms with van der Waals surface area (Å²) in [6, 6.07) is 6.06. The summed E-state index contributed by atoms with van der Waals surface area (Å²) in [7, 11) is 3.97. The van der Waals surface area contributed by atoms with Gasteiger partial charge in [-0.15, -0.1) is 0 Å². The van der Waals surface area contributed by atoms with Gasteiger partial charge >= 0.3 is 0 Å². The second-order valence-corrected chi connectivity index (χ2v) is 3.72. The van der Waals surface area contributed by atoms with E-state index in [2.05, 4.69) is 13.0 Å². The van der Waals surface area contributed by atoms with Crippen LogP contribution in [0.5, 0.6) is 0 Å². The summed E-state index contributed by atoms with van der Waals surface area (Å²) in [6.07, 6.45) is 0. The monoisotopic (exact) mass is 194 g/mol. The Balaban J connectivity index is 3.26. The van der Waals surface area contributed by atoms with Crippen molar-refractivity contribution < 1.29 is 0 Å². The van der Waals surface area contributed by atoms with E-state index in [1.807, 2.05) is 31.1 Å². The predicted molar refractivity (Wildman–Crippen MR) is 61.4 cm³/mol. The average Bonchev–Trinajstić information content (AvgIpc) is 2.03. The first kappa shape index (κ1) is 9.99. The Morgan fingerprint density at radius 2 is 2.00 bits per heavy atom. The molecule has 13 heavy (non-hydrogen) atoms. The number of benzene rings is 1. The number of anilines is 1. The summed E-state index contributed by atoms with van der Waals surface area (Å²) < 4.78 is 0. The molecule has 0 aromatic heterocycles. The molecule has 1 rings (SSSR count). The van der Waals surface area contributed by atoms with Crippen LogP contribution in [0.2, 0.25) is 0 Å². The molecule has 0 unspecified atom stereocenters. The number of hydrogen-bond acceptors (Lipinski definition) is 2. The fraction of sp³-hybridized carbons (Fsp3) is 0.300. The quantitative estimate of drug-likeness (QED) is 0.727. The number of aryl methyl sites for hydroxylation is 1. The van der Waals surface area contributed by atoms with Crippen molar-refractivity contribution in [3.63, 3.8) is 0 Å². The maximum atomic E-state index is 5.61. The SMILES string of the molecule is Cc1ccc(C(N)=S)c(N(C)C)c1. The number of thiocarbonyl (C=S) groups is 1. The van der Waals surface area contributed by atoms with Crippen LogP contribution < -0.4 is 10.6 Å². The van der Waals surface area contributed by atoms with Gasteiger partial charge < -0.3 is 10.6 Å². The van der Waals surface area contributed by atoms with Crippen LogP contribution in [0, 0.1) is 6.92 Å². The molecule has 0 fully saturated rings. The van der Waals surface area contributed by atoms with Crippen LogP contribution in [-0.4, -0.2) is 19.1 Å². The Hall–Kier alpha value is -1.09. The van der Waals surface area contributed by atoms with E-state index in [1.54, 1.807) is 0 Å². The number of nitrogens with zero attached hydrogens (tertiary/aromatic N) is 1. The van der Waals surface area contributed by atoms with Crippen molar-refractivity contribution in [3.05, 3.63) is 29.3 Å². The van der Waals surface area contributed by atoms with Gasteiger partial charge in [-0.2, -0.15) is 0 Å². The van der Waals surface area contributed by atoms with Crippen molar-refractivity contribution in [1.29, 1.82) is 0 Å². The standard InChI is InChI=1S/C10H14N2S/c1-7-4-5-8(10(11)13)9(6-7)12(2)3/h4-6H,1-3H3,(H2,11,13). The molecule has 2 nitrogen and oxygen atoms in total. The van der Waals surface area contributed by atoms with Crippen molar-refractivity contribution in [1.82, 2.24) is 0 Å². The normalized spacial score (nSPS) is 9.77. The van der Waals surface area contributed by atoms with E-state index in [0.717, 1.165) is 11.3 Å². The van der Waals surface area contributed by atoms with Gasteiger partial charge in [0.05, 0.1) is 0 Å². The first-order chi connectivity index (χ1) is 6.02. The maximum absolute atomic E-state index is 5.61. The predicted octanol–water partition coefficient (Wildman–Crippen LogP) is 1.70. The lowest BCUT2D eigenvalue weighted by atomic mass is 10.1. The number of nitrogens with two attached hydrogens (primary N) is 1. The van der Waals surface area contributed by atoms with E-state index in [4.69, 9.17) is 18.0 Å². The zero-order chi connectivity index (χ0) is 10.0. The fourth-order valence-electron chi connectivity index (χ4n) is 1.22. The van der Waals surface area contributed by atoms with E-state index in [-0.39, 0.29) is 0 Å². The number of rotatable bonds is 2. The van der Waals surface area contributed by atoms with E-state index in [9.17, 15) is 0 Å². The first-order valence-electron chi connectivity index (χ1n) is 4.10. The molecule has 0 radical (unpaired) electrons. The topological polar surface area (TPSA) is 29.3 Å². The van der Waals surface area contributed by atoms with Crippen LogP contribution >= 0.6 is 12.2 Å². The molecule has 0 aliphatic heterocycles. The highest BCUT2D eigenvalue weighted by Crippen LogP contribution is 2.19. The van der Waals surface area contributed by atoms with Gasteiger partial charge in [-0.25, -0.2) is 0 Å². The summed E-state index contributed by atoms with van der Waals surface area (Å²) >= 11 is 4.96. The van der Waals surface area contributed by atoms with Crippen LogP contribution in [0.25, 0.3) is 0 Å². The molecule has 0 bridgehead atoms. The zero-order valence-electron chi connectivity index (χ0n) is 8.16. The van der Waals surface area contributed by atoms with Crippen LogP contribution in [-0.2, 0) is 0 Å². The molecule has 0 saturated carbocycles. The van der Waals surface area contributed by atoms with Crippen molar-refractivity contribution in [2.24, 2.45) is 5.73 Å². The van der Waals surface area contributed by atoms with Crippen LogP contribution in [0.15, 0.2) is 18.2 Å². The summed E-state index contributed by atoms with van der Waals surface area (Å²) in [6.45, 7) is 2.05. The minimum atomic E-state index is 0.448. The Morgan fingerprint density at radius 1 is 1.38 bits per heavy atom. The van der Waals surface area contributed by atoms with E-state index >= 15 is 0 Å². The molecule has 1 aromatic carbocycles. The molecule has 70 valence electrons. The van der Waals surface area contributed by atoms with Gasteiger partial charge in [-0.1, -0.05) is 18.3 Å². The average molecular weight is 194 g/mol. The minimum absolute atomic E-state index is 0.448. The molecule has 0 amide bonds. The van der Waals surface area contributed by atoms with Gasteiger partial charge in [-0.3, -0.25) is 0 Å². The smallest absolute Gasteiger partial charge is 0.106 e. The van der Waals surface area contributed by atoms with Crippen LogP contribution in [0.4, 0.5) is 5.69 Å². The fourth-order valence-corrected chi connectivity index (χ4v) is 1.39. The van der Waals surface area contributed by atoms with Crippen molar-refractivity contribution in [2.45, 2.75) is 6.92 Å². The van der Waals surface area contributed by atoms with Crippen molar-refractivity contribution >= 4 is 22.9 Å². The molecule has 0 saturated heterocycles. The number of hydrogen-bond donors (Lipinski definition) is 1. The third-order valence-electron chi connectivity index (χ3n) is 1.90. The third-order valence-corrected chi connectivity index (χ3v) is 2.12. The van der Waals surface area contributed by atoms with Gasteiger partial charge in [0.2, 0.25) is 0 Å². The molecule has 3 heteroatoms. The van der Waals surface area contributed by atoms with Gasteiger partial charge in [0.25, 0.3) is 0 Å². The van der Waals surface area contributed by atoms with Gasteiger partial charge in [0, 0.05) is 25.3 Å². The summed E-state index contributed by atoms with van der Waals surface area (Å²) in [4.78, 5) is 2.46. The maximum Gasteiger partial charge on any atom is 0.106 e. The highest BCUT2D eigenvalue weighted by atomic mass is 32.1. The van der Waals surface area contributed by atoms with Crippen LogP contribution in [0.3, 0.4) is 0 Å². The van der Waals surface area contributed by atoms with Gasteiger partial charge in [0.1, 0.15) is 4.99 Å². The molecule has 0 aliphatic rings. The second-order valence-electron chi connectivity index (χ2n) is 3.28. The van der Waals surface area contributed by atoms with E-state index < -0.39 is 0 Å². The molecule has 0 spiro atoms.